The summed E-state index contributed by atoms with van der Waals surface area (Å²) in [6.07, 6.45) is 0.770. The standard InChI is InChI=1S/C26H22N6OS2/c1-3-22-29-30-26-32(22)31-24(35-26)20-13-14-21(16(2)15-20)27-25(34)28-23(33)19-11-9-18(10-12-19)17-7-5-4-6-8-17/h4-15H,3H2,1-2H3,(H2,27,28,33,34). The fraction of sp³-hybridized carbons (Fsp3) is 0.115. The molecule has 0 fully saturated rings. The number of carbonyl (C=O) groups is 1. The second kappa shape index (κ2) is 9.73. The summed E-state index contributed by atoms with van der Waals surface area (Å²) in [4.78, 5) is 13.4. The van der Waals surface area contributed by atoms with Gasteiger partial charge in [0.1, 0.15) is 5.01 Å². The van der Waals surface area contributed by atoms with Crippen LogP contribution in [0.25, 0.3) is 26.7 Å². The smallest absolute Gasteiger partial charge is 0.257 e. The third-order valence-corrected chi connectivity index (χ3v) is 6.73. The summed E-state index contributed by atoms with van der Waals surface area (Å²) in [5, 5.41) is 20.0. The van der Waals surface area contributed by atoms with Gasteiger partial charge in [0.15, 0.2) is 10.9 Å². The van der Waals surface area contributed by atoms with Crippen molar-refractivity contribution >= 4 is 45.2 Å². The van der Waals surface area contributed by atoms with Gasteiger partial charge in [0.2, 0.25) is 4.96 Å². The summed E-state index contributed by atoms with van der Waals surface area (Å²) in [5.41, 5.74) is 5.47. The Hall–Kier alpha value is -3.95. The largest absolute Gasteiger partial charge is 0.332 e. The van der Waals surface area contributed by atoms with Crippen LogP contribution in [0.4, 0.5) is 5.69 Å². The van der Waals surface area contributed by atoms with E-state index in [2.05, 4.69) is 25.9 Å². The Morgan fingerprint density at radius 3 is 2.40 bits per heavy atom. The zero-order valence-electron chi connectivity index (χ0n) is 19.1. The number of nitrogens with zero attached hydrogens (tertiary/aromatic N) is 4. The molecule has 1 amide bonds. The van der Waals surface area contributed by atoms with Crippen molar-refractivity contribution in [2.24, 2.45) is 0 Å². The number of carbonyl (C=O) groups excluding carboxylic acids is 1. The molecule has 3 aromatic carbocycles. The number of aromatic nitrogens is 4. The number of thiocarbonyl (C=S) groups is 1. The van der Waals surface area contributed by atoms with Gasteiger partial charge in [-0.05, 0) is 66.2 Å². The van der Waals surface area contributed by atoms with Gasteiger partial charge < -0.3 is 5.32 Å². The lowest BCUT2D eigenvalue weighted by Gasteiger charge is -2.13. The fourth-order valence-corrected chi connectivity index (χ4v) is 4.76. The van der Waals surface area contributed by atoms with Gasteiger partial charge in [0.05, 0.1) is 0 Å². The highest BCUT2D eigenvalue weighted by molar-refractivity contribution is 7.80. The van der Waals surface area contributed by atoms with E-state index in [-0.39, 0.29) is 11.0 Å². The molecule has 0 aliphatic heterocycles. The lowest BCUT2D eigenvalue weighted by molar-refractivity contribution is 0.0977. The third-order valence-electron chi connectivity index (χ3n) is 5.57. The van der Waals surface area contributed by atoms with Crippen molar-refractivity contribution < 1.29 is 4.79 Å². The lowest BCUT2D eigenvalue weighted by atomic mass is 10.0. The Labute approximate surface area is 211 Å². The molecule has 5 rings (SSSR count). The number of nitrogens with one attached hydrogen (secondary N) is 2. The average molecular weight is 499 g/mol. The van der Waals surface area contributed by atoms with Gasteiger partial charge in [-0.25, -0.2) is 0 Å². The number of hydrogen-bond acceptors (Lipinski definition) is 6. The first-order valence-corrected chi connectivity index (χ1v) is 12.3. The van der Waals surface area contributed by atoms with Crippen molar-refractivity contribution in [2.45, 2.75) is 20.3 Å². The lowest BCUT2D eigenvalue weighted by Crippen LogP contribution is -2.34. The van der Waals surface area contributed by atoms with Crippen molar-refractivity contribution in [2.75, 3.05) is 5.32 Å². The van der Waals surface area contributed by atoms with Crippen molar-refractivity contribution in [1.82, 2.24) is 25.1 Å². The first-order chi connectivity index (χ1) is 17.0. The number of rotatable bonds is 5. The van der Waals surface area contributed by atoms with Gasteiger partial charge in [-0.15, -0.1) is 10.2 Å². The van der Waals surface area contributed by atoms with Crippen molar-refractivity contribution in [3.8, 4) is 21.7 Å². The summed E-state index contributed by atoms with van der Waals surface area (Å²) in [6, 6.07) is 23.4. The first kappa shape index (κ1) is 22.8. The maximum absolute atomic E-state index is 12.7. The Morgan fingerprint density at radius 2 is 1.69 bits per heavy atom. The van der Waals surface area contributed by atoms with Gasteiger partial charge in [-0.3, -0.25) is 10.1 Å². The molecule has 35 heavy (non-hydrogen) atoms. The van der Waals surface area contributed by atoms with Crippen LogP contribution in [0.3, 0.4) is 0 Å². The molecule has 0 bridgehead atoms. The highest BCUT2D eigenvalue weighted by atomic mass is 32.1. The van der Waals surface area contributed by atoms with Gasteiger partial charge in [0.25, 0.3) is 5.91 Å². The van der Waals surface area contributed by atoms with Crippen LogP contribution in [0.1, 0.15) is 28.7 Å². The fourth-order valence-electron chi connectivity index (χ4n) is 3.71. The Morgan fingerprint density at radius 1 is 0.971 bits per heavy atom. The molecule has 2 heterocycles. The molecule has 174 valence electrons. The van der Waals surface area contributed by atoms with Gasteiger partial charge in [-0.1, -0.05) is 60.7 Å². The van der Waals surface area contributed by atoms with Crippen LogP contribution < -0.4 is 10.6 Å². The zero-order valence-corrected chi connectivity index (χ0v) is 20.8. The molecule has 0 spiro atoms. The number of hydrogen-bond donors (Lipinski definition) is 2. The number of fused-ring (bicyclic) bond motifs is 1. The highest BCUT2D eigenvalue weighted by Crippen LogP contribution is 2.29. The minimum atomic E-state index is -0.261. The predicted octanol–water partition coefficient (Wildman–Crippen LogP) is 5.52. The third kappa shape index (κ3) is 4.82. The highest BCUT2D eigenvalue weighted by Gasteiger charge is 2.14. The zero-order chi connectivity index (χ0) is 24.4. The van der Waals surface area contributed by atoms with Crippen LogP contribution in [-0.4, -0.2) is 30.8 Å². The predicted molar refractivity (Wildman–Crippen MR) is 144 cm³/mol. The Balaban J connectivity index is 1.24. The number of amides is 1. The maximum Gasteiger partial charge on any atom is 0.257 e. The molecule has 0 saturated heterocycles. The molecule has 0 unspecified atom stereocenters. The van der Waals surface area contributed by atoms with Crippen molar-refractivity contribution in [3.63, 3.8) is 0 Å². The summed E-state index contributed by atoms with van der Waals surface area (Å²) in [7, 11) is 0. The van der Waals surface area contributed by atoms with E-state index >= 15 is 0 Å². The van der Waals surface area contributed by atoms with E-state index in [9.17, 15) is 4.79 Å². The van der Waals surface area contributed by atoms with E-state index in [1.54, 1.807) is 16.6 Å². The van der Waals surface area contributed by atoms with Gasteiger partial charge >= 0.3 is 0 Å². The van der Waals surface area contributed by atoms with E-state index in [1.807, 2.05) is 74.5 Å². The summed E-state index contributed by atoms with van der Waals surface area (Å²) in [6.45, 7) is 4.01. The maximum atomic E-state index is 12.7. The topological polar surface area (TPSA) is 84.2 Å². The summed E-state index contributed by atoms with van der Waals surface area (Å²) >= 11 is 6.88. The summed E-state index contributed by atoms with van der Waals surface area (Å²) in [5.74, 6) is 0.580. The minimum absolute atomic E-state index is 0.240. The normalized spacial score (nSPS) is 10.9. The molecular formula is C26H22N6OS2. The van der Waals surface area contributed by atoms with Crippen LogP contribution in [0.15, 0.2) is 72.8 Å². The molecule has 2 N–H and O–H groups in total. The molecule has 9 heteroatoms. The number of aryl methyl sites for hydroxylation is 2. The Kier molecular flexibility index (Phi) is 6.35. The van der Waals surface area contributed by atoms with E-state index in [1.165, 1.54) is 11.3 Å². The monoisotopic (exact) mass is 498 g/mol. The van der Waals surface area contributed by atoms with Crippen LogP contribution >= 0.6 is 23.6 Å². The second-order valence-electron chi connectivity index (χ2n) is 7.95. The molecule has 7 nitrogen and oxygen atoms in total. The summed E-state index contributed by atoms with van der Waals surface area (Å²) < 4.78 is 1.79. The quantitative estimate of drug-likeness (QED) is 0.311. The van der Waals surface area contributed by atoms with Crippen molar-refractivity contribution in [1.29, 1.82) is 0 Å². The van der Waals surface area contributed by atoms with E-state index in [0.29, 0.717) is 5.56 Å². The van der Waals surface area contributed by atoms with E-state index < -0.39 is 0 Å². The molecular weight excluding hydrogens is 476 g/mol. The number of benzene rings is 3. The average Bonchev–Trinajstić information content (AvgIpc) is 3.47. The van der Waals surface area contributed by atoms with Crippen LogP contribution in [0, 0.1) is 6.92 Å². The molecule has 0 saturated carbocycles. The van der Waals surface area contributed by atoms with E-state index in [0.717, 1.165) is 50.2 Å². The molecule has 5 aromatic rings. The molecule has 0 aliphatic carbocycles. The number of anilines is 1. The van der Waals surface area contributed by atoms with Gasteiger partial charge in [0, 0.05) is 23.2 Å². The Bertz CT molecular complexity index is 1520. The SMILES string of the molecule is CCc1nnc2sc(-c3ccc(NC(=S)NC(=O)c4ccc(-c5ccccc5)cc4)c(C)c3)nn12. The van der Waals surface area contributed by atoms with Crippen LogP contribution in [0.2, 0.25) is 0 Å². The van der Waals surface area contributed by atoms with E-state index in [4.69, 9.17) is 12.2 Å². The van der Waals surface area contributed by atoms with Crippen LogP contribution in [-0.2, 0) is 6.42 Å². The first-order valence-electron chi connectivity index (χ1n) is 11.1. The van der Waals surface area contributed by atoms with Gasteiger partial charge in [-0.2, -0.15) is 9.61 Å². The second-order valence-corrected chi connectivity index (χ2v) is 9.32. The van der Waals surface area contributed by atoms with Crippen LogP contribution in [0.5, 0.6) is 0 Å². The molecule has 2 aromatic heterocycles. The molecule has 0 aliphatic rings. The molecule has 0 radical (unpaired) electrons. The minimum Gasteiger partial charge on any atom is -0.332 e. The molecule has 0 atom stereocenters. The van der Waals surface area contributed by atoms with Crippen molar-refractivity contribution in [3.05, 3.63) is 89.7 Å².